The molecule has 0 atom stereocenters. The highest BCUT2D eigenvalue weighted by molar-refractivity contribution is 5.94. The Kier molecular flexibility index (Phi) is 4.25. The third-order valence-electron chi connectivity index (χ3n) is 3.73. The third-order valence-corrected chi connectivity index (χ3v) is 3.73. The number of amides is 1. The molecule has 0 fully saturated rings. The molecular formula is C15H18N4O3. The lowest BCUT2D eigenvalue weighted by Crippen LogP contribution is -2.26. The predicted molar refractivity (Wildman–Crippen MR) is 81.6 cm³/mol. The molecule has 7 heteroatoms. The summed E-state index contributed by atoms with van der Waals surface area (Å²) in [6, 6.07) is 4.40. The number of nitro groups is 1. The van der Waals surface area contributed by atoms with Gasteiger partial charge >= 0.3 is 0 Å². The topological polar surface area (TPSA) is 81.3 Å². The Morgan fingerprint density at radius 1 is 1.41 bits per heavy atom. The molecule has 1 aromatic carbocycles. The van der Waals surface area contributed by atoms with Gasteiger partial charge in [-0.15, -0.1) is 0 Å². The van der Waals surface area contributed by atoms with Crippen LogP contribution in [0.4, 0.5) is 5.69 Å². The van der Waals surface area contributed by atoms with Crippen molar-refractivity contribution >= 4 is 11.6 Å². The van der Waals surface area contributed by atoms with E-state index in [1.54, 1.807) is 35.8 Å². The minimum atomic E-state index is -0.452. The summed E-state index contributed by atoms with van der Waals surface area (Å²) < 4.78 is 1.75. The second-order valence-corrected chi connectivity index (χ2v) is 5.30. The van der Waals surface area contributed by atoms with Gasteiger partial charge < -0.3 is 4.90 Å². The summed E-state index contributed by atoms with van der Waals surface area (Å²) in [5, 5.41) is 15.0. The molecule has 0 saturated carbocycles. The smallest absolute Gasteiger partial charge is 0.272 e. The fourth-order valence-electron chi connectivity index (χ4n) is 2.24. The van der Waals surface area contributed by atoms with Crippen molar-refractivity contribution in [2.75, 3.05) is 7.05 Å². The number of carbonyl (C=O) groups is 1. The molecule has 7 nitrogen and oxygen atoms in total. The first-order valence-electron chi connectivity index (χ1n) is 6.79. The van der Waals surface area contributed by atoms with Crippen LogP contribution in [0.15, 0.2) is 24.4 Å². The maximum Gasteiger partial charge on any atom is 0.272 e. The zero-order valence-electron chi connectivity index (χ0n) is 13.0. The largest absolute Gasteiger partial charge is 0.337 e. The molecule has 2 aromatic rings. The number of aromatic nitrogens is 2. The van der Waals surface area contributed by atoms with E-state index in [1.807, 2.05) is 14.0 Å². The molecule has 0 aliphatic rings. The Morgan fingerprint density at radius 2 is 2.09 bits per heavy atom. The number of aryl methyl sites for hydroxylation is 2. The van der Waals surface area contributed by atoms with Crippen molar-refractivity contribution in [3.63, 3.8) is 0 Å². The summed E-state index contributed by atoms with van der Waals surface area (Å²) in [5.41, 5.74) is 2.90. The summed E-state index contributed by atoms with van der Waals surface area (Å²) in [7, 11) is 3.55. The molecule has 0 unspecified atom stereocenters. The third kappa shape index (κ3) is 2.98. The van der Waals surface area contributed by atoms with Crippen LogP contribution in [0.3, 0.4) is 0 Å². The van der Waals surface area contributed by atoms with Crippen LogP contribution in [0.25, 0.3) is 0 Å². The van der Waals surface area contributed by atoms with Crippen LogP contribution < -0.4 is 0 Å². The Balaban J connectivity index is 2.19. The standard InChI is InChI=1S/C15H18N4O3/c1-10-7-12(5-6-14(10)19(21)22)15(20)17(3)9-13-8-16-18(4)11(13)2/h5-8H,9H2,1-4H3. The monoisotopic (exact) mass is 302 g/mol. The van der Waals surface area contributed by atoms with Gasteiger partial charge in [-0.25, -0.2) is 0 Å². The number of carbonyl (C=O) groups excluding carboxylic acids is 1. The van der Waals surface area contributed by atoms with Gasteiger partial charge in [-0.2, -0.15) is 5.10 Å². The Hall–Kier alpha value is -2.70. The van der Waals surface area contributed by atoms with Gasteiger partial charge in [-0.1, -0.05) is 0 Å². The number of benzene rings is 1. The van der Waals surface area contributed by atoms with Crippen LogP contribution in [0.2, 0.25) is 0 Å². The fourth-order valence-corrected chi connectivity index (χ4v) is 2.24. The van der Waals surface area contributed by atoms with Gasteiger partial charge in [0.1, 0.15) is 0 Å². The Labute approximate surface area is 128 Å². The normalized spacial score (nSPS) is 10.5. The molecule has 22 heavy (non-hydrogen) atoms. The fraction of sp³-hybridized carbons (Fsp3) is 0.333. The van der Waals surface area contributed by atoms with Crippen LogP contribution in [0, 0.1) is 24.0 Å². The first kappa shape index (κ1) is 15.7. The Morgan fingerprint density at radius 3 is 2.59 bits per heavy atom. The second kappa shape index (κ2) is 5.97. The van der Waals surface area contributed by atoms with Crippen molar-refractivity contribution in [2.24, 2.45) is 7.05 Å². The molecule has 0 spiro atoms. The van der Waals surface area contributed by atoms with E-state index in [4.69, 9.17) is 0 Å². The molecule has 0 bridgehead atoms. The molecule has 0 saturated heterocycles. The van der Waals surface area contributed by atoms with E-state index in [2.05, 4.69) is 5.10 Å². The first-order chi connectivity index (χ1) is 10.3. The van der Waals surface area contributed by atoms with Gasteiger partial charge in [-0.3, -0.25) is 19.6 Å². The average molecular weight is 302 g/mol. The minimum absolute atomic E-state index is 0.0160. The summed E-state index contributed by atoms with van der Waals surface area (Å²) in [6.07, 6.45) is 1.74. The van der Waals surface area contributed by atoms with Gasteiger partial charge in [0.2, 0.25) is 0 Å². The van der Waals surface area contributed by atoms with E-state index in [9.17, 15) is 14.9 Å². The van der Waals surface area contributed by atoms with Gasteiger partial charge in [0, 0.05) is 49.1 Å². The molecule has 0 aliphatic carbocycles. The first-order valence-corrected chi connectivity index (χ1v) is 6.79. The molecule has 1 amide bonds. The van der Waals surface area contributed by atoms with Crippen molar-refractivity contribution in [3.8, 4) is 0 Å². The van der Waals surface area contributed by atoms with E-state index in [1.165, 1.54) is 12.1 Å². The molecule has 0 radical (unpaired) electrons. The van der Waals surface area contributed by atoms with Crippen LogP contribution >= 0.6 is 0 Å². The minimum Gasteiger partial charge on any atom is -0.337 e. The highest BCUT2D eigenvalue weighted by Crippen LogP contribution is 2.20. The van der Waals surface area contributed by atoms with Gasteiger partial charge in [-0.05, 0) is 26.0 Å². The number of hydrogen-bond acceptors (Lipinski definition) is 4. The van der Waals surface area contributed by atoms with E-state index in [-0.39, 0.29) is 11.6 Å². The van der Waals surface area contributed by atoms with E-state index in [0.717, 1.165) is 11.3 Å². The highest BCUT2D eigenvalue weighted by Gasteiger charge is 2.17. The summed E-state index contributed by atoms with van der Waals surface area (Å²) in [4.78, 5) is 24.4. The molecule has 1 aromatic heterocycles. The molecule has 2 rings (SSSR count). The van der Waals surface area contributed by atoms with Crippen molar-refractivity contribution in [2.45, 2.75) is 20.4 Å². The van der Waals surface area contributed by atoms with Gasteiger partial charge in [0.05, 0.1) is 11.1 Å². The average Bonchev–Trinajstić information content (AvgIpc) is 2.78. The molecular weight excluding hydrogens is 284 g/mol. The molecule has 0 aliphatic heterocycles. The number of rotatable bonds is 4. The van der Waals surface area contributed by atoms with Gasteiger partial charge in [0.25, 0.3) is 11.6 Å². The van der Waals surface area contributed by atoms with Crippen LogP contribution in [-0.4, -0.2) is 32.6 Å². The molecule has 116 valence electrons. The van der Waals surface area contributed by atoms with Crippen LogP contribution in [-0.2, 0) is 13.6 Å². The van der Waals surface area contributed by atoms with Crippen molar-refractivity contribution in [1.82, 2.24) is 14.7 Å². The summed E-state index contributed by atoms with van der Waals surface area (Å²) in [5.74, 6) is -0.179. The quantitative estimate of drug-likeness (QED) is 0.640. The number of nitrogens with zero attached hydrogens (tertiary/aromatic N) is 4. The molecule has 1 heterocycles. The van der Waals surface area contributed by atoms with Crippen molar-refractivity contribution in [3.05, 3.63) is 56.9 Å². The zero-order valence-corrected chi connectivity index (χ0v) is 13.0. The maximum absolute atomic E-state index is 12.4. The Bertz CT molecular complexity index is 736. The van der Waals surface area contributed by atoms with E-state index in [0.29, 0.717) is 17.7 Å². The van der Waals surface area contributed by atoms with E-state index < -0.39 is 4.92 Å². The van der Waals surface area contributed by atoms with Crippen molar-refractivity contribution < 1.29 is 9.72 Å². The second-order valence-electron chi connectivity index (χ2n) is 5.30. The van der Waals surface area contributed by atoms with Gasteiger partial charge in [0.15, 0.2) is 0 Å². The van der Waals surface area contributed by atoms with Crippen LogP contribution in [0.5, 0.6) is 0 Å². The predicted octanol–water partition coefficient (Wildman–Crippen LogP) is 2.22. The van der Waals surface area contributed by atoms with Crippen LogP contribution in [0.1, 0.15) is 27.2 Å². The van der Waals surface area contributed by atoms with Crippen molar-refractivity contribution in [1.29, 1.82) is 0 Å². The lowest BCUT2D eigenvalue weighted by atomic mass is 10.1. The zero-order chi connectivity index (χ0) is 16.4. The highest BCUT2D eigenvalue weighted by atomic mass is 16.6. The SMILES string of the molecule is Cc1cc(C(=O)N(C)Cc2cnn(C)c2C)ccc1[N+](=O)[O-]. The summed E-state index contributed by atoms with van der Waals surface area (Å²) in [6.45, 7) is 4.01. The number of nitro benzene ring substituents is 1. The van der Waals surface area contributed by atoms with E-state index >= 15 is 0 Å². The lowest BCUT2D eigenvalue weighted by Gasteiger charge is -2.17. The maximum atomic E-state index is 12.4. The lowest BCUT2D eigenvalue weighted by molar-refractivity contribution is -0.385. The number of hydrogen-bond donors (Lipinski definition) is 0. The molecule has 0 N–H and O–H groups in total. The summed E-state index contributed by atoms with van der Waals surface area (Å²) >= 11 is 0.